The summed E-state index contributed by atoms with van der Waals surface area (Å²) >= 11 is 3.59. The number of aromatic nitrogens is 2. The standard InChI is InChI=1S/C14H17BrN4O2/c15-9-11-4-2-1-3-7-18(11)14-16-12-6-5-10(19(20)21)8-13(12)17-14/h5-6,8,11H,1-4,7,9H2,(H,16,17). The number of rotatable bonds is 3. The molecule has 21 heavy (non-hydrogen) atoms. The van der Waals surface area contributed by atoms with Gasteiger partial charge in [-0.05, 0) is 18.9 Å². The normalized spacial score (nSPS) is 19.7. The van der Waals surface area contributed by atoms with Gasteiger partial charge in [0, 0.05) is 30.0 Å². The van der Waals surface area contributed by atoms with Gasteiger partial charge in [-0.2, -0.15) is 0 Å². The summed E-state index contributed by atoms with van der Waals surface area (Å²) in [6.45, 7) is 0.970. The maximum absolute atomic E-state index is 10.9. The zero-order valence-corrected chi connectivity index (χ0v) is 13.2. The summed E-state index contributed by atoms with van der Waals surface area (Å²) in [5, 5.41) is 11.8. The number of alkyl halides is 1. The van der Waals surface area contributed by atoms with Crippen LogP contribution in [0.5, 0.6) is 0 Å². The van der Waals surface area contributed by atoms with E-state index in [1.807, 2.05) is 0 Å². The first-order valence-electron chi connectivity index (χ1n) is 7.16. The average Bonchev–Trinajstić information content (AvgIpc) is 2.75. The van der Waals surface area contributed by atoms with Gasteiger partial charge in [-0.15, -0.1) is 0 Å². The quantitative estimate of drug-likeness (QED) is 0.520. The Morgan fingerprint density at radius 1 is 1.43 bits per heavy atom. The third kappa shape index (κ3) is 2.88. The van der Waals surface area contributed by atoms with Gasteiger partial charge in [0.2, 0.25) is 5.95 Å². The third-order valence-electron chi connectivity index (χ3n) is 3.99. The molecule has 0 aliphatic carbocycles. The van der Waals surface area contributed by atoms with Gasteiger partial charge < -0.3 is 9.88 Å². The monoisotopic (exact) mass is 352 g/mol. The minimum absolute atomic E-state index is 0.0885. The Hall–Kier alpha value is -1.63. The minimum Gasteiger partial charge on any atom is -0.339 e. The molecule has 0 spiro atoms. The molecule has 1 saturated heterocycles. The second kappa shape index (κ2) is 6.01. The van der Waals surface area contributed by atoms with Crippen molar-refractivity contribution < 1.29 is 4.92 Å². The van der Waals surface area contributed by atoms with Crippen LogP contribution in [0, 0.1) is 10.1 Å². The van der Waals surface area contributed by atoms with Crippen molar-refractivity contribution in [1.82, 2.24) is 9.97 Å². The van der Waals surface area contributed by atoms with Gasteiger partial charge in [-0.3, -0.25) is 10.1 Å². The van der Waals surface area contributed by atoms with Gasteiger partial charge in [0.05, 0.1) is 16.0 Å². The molecule has 1 aliphatic rings. The van der Waals surface area contributed by atoms with E-state index in [9.17, 15) is 10.1 Å². The molecule has 3 rings (SSSR count). The lowest BCUT2D eigenvalue weighted by Gasteiger charge is -2.28. The molecule has 1 aliphatic heterocycles. The van der Waals surface area contributed by atoms with Crippen molar-refractivity contribution in [2.75, 3.05) is 16.8 Å². The minimum atomic E-state index is -0.382. The molecule has 0 saturated carbocycles. The maximum atomic E-state index is 10.9. The van der Waals surface area contributed by atoms with Crippen LogP contribution in [0.2, 0.25) is 0 Å². The molecule has 1 unspecified atom stereocenters. The molecule has 1 aromatic heterocycles. The van der Waals surface area contributed by atoms with Crippen molar-refractivity contribution in [2.24, 2.45) is 0 Å². The van der Waals surface area contributed by atoms with E-state index >= 15 is 0 Å². The predicted molar refractivity (Wildman–Crippen MR) is 86.1 cm³/mol. The van der Waals surface area contributed by atoms with Gasteiger partial charge in [0.25, 0.3) is 5.69 Å². The number of non-ortho nitro benzene ring substituents is 1. The number of nitro groups is 1. The van der Waals surface area contributed by atoms with E-state index in [1.165, 1.54) is 18.9 Å². The highest BCUT2D eigenvalue weighted by Gasteiger charge is 2.23. The zero-order valence-electron chi connectivity index (χ0n) is 11.6. The van der Waals surface area contributed by atoms with Crippen LogP contribution in [0.25, 0.3) is 11.0 Å². The molecule has 1 aromatic carbocycles. The van der Waals surface area contributed by atoms with Crippen LogP contribution >= 0.6 is 15.9 Å². The number of nitro benzene ring substituents is 1. The van der Waals surface area contributed by atoms with Crippen LogP contribution in [-0.4, -0.2) is 32.8 Å². The molecular formula is C14H17BrN4O2. The number of halogens is 1. The average molecular weight is 353 g/mol. The van der Waals surface area contributed by atoms with Gasteiger partial charge in [-0.1, -0.05) is 28.8 Å². The number of benzene rings is 1. The highest BCUT2D eigenvalue weighted by Crippen LogP contribution is 2.27. The van der Waals surface area contributed by atoms with Crippen LogP contribution in [0.4, 0.5) is 11.6 Å². The lowest BCUT2D eigenvalue weighted by Crippen LogP contribution is -2.36. The summed E-state index contributed by atoms with van der Waals surface area (Å²) in [4.78, 5) is 20.6. The number of fused-ring (bicyclic) bond motifs is 1. The van der Waals surface area contributed by atoms with E-state index in [1.54, 1.807) is 12.1 Å². The van der Waals surface area contributed by atoms with Crippen molar-refractivity contribution in [3.8, 4) is 0 Å². The van der Waals surface area contributed by atoms with Gasteiger partial charge in [-0.25, -0.2) is 4.98 Å². The highest BCUT2D eigenvalue weighted by molar-refractivity contribution is 9.09. The Morgan fingerprint density at radius 2 is 2.29 bits per heavy atom. The topological polar surface area (TPSA) is 75.1 Å². The number of aromatic amines is 1. The Morgan fingerprint density at radius 3 is 3.05 bits per heavy atom. The molecule has 112 valence electrons. The van der Waals surface area contributed by atoms with Gasteiger partial charge in [0.1, 0.15) is 0 Å². The summed E-state index contributed by atoms with van der Waals surface area (Å²) in [6, 6.07) is 5.17. The molecule has 0 radical (unpaired) electrons. The second-order valence-corrected chi connectivity index (χ2v) is 6.02. The van der Waals surface area contributed by atoms with E-state index < -0.39 is 0 Å². The van der Waals surface area contributed by atoms with Gasteiger partial charge >= 0.3 is 0 Å². The number of hydrogen-bond donors (Lipinski definition) is 1. The largest absolute Gasteiger partial charge is 0.339 e. The van der Waals surface area contributed by atoms with E-state index in [4.69, 9.17) is 0 Å². The fraction of sp³-hybridized carbons (Fsp3) is 0.500. The number of hydrogen-bond acceptors (Lipinski definition) is 4. The molecule has 6 nitrogen and oxygen atoms in total. The van der Waals surface area contributed by atoms with Crippen molar-refractivity contribution in [2.45, 2.75) is 31.7 Å². The van der Waals surface area contributed by atoms with Crippen LogP contribution < -0.4 is 4.90 Å². The second-order valence-electron chi connectivity index (χ2n) is 5.37. The molecule has 1 N–H and O–H groups in total. The van der Waals surface area contributed by atoms with E-state index in [2.05, 4.69) is 30.8 Å². The fourth-order valence-corrected chi connectivity index (χ4v) is 3.52. The fourth-order valence-electron chi connectivity index (χ4n) is 2.85. The Balaban J connectivity index is 1.97. The van der Waals surface area contributed by atoms with Crippen LogP contribution in [0.3, 0.4) is 0 Å². The lowest BCUT2D eigenvalue weighted by molar-refractivity contribution is -0.384. The first-order valence-corrected chi connectivity index (χ1v) is 8.28. The van der Waals surface area contributed by atoms with Crippen molar-refractivity contribution in [3.05, 3.63) is 28.3 Å². The van der Waals surface area contributed by atoms with Crippen LogP contribution in [-0.2, 0) is 0 Å². The van der Waals surface area contributed by atoms with E-state index in [0.717, 1.165) is 41.7 Å². The first-order chi connectivity index (χ1) is 10.2. The molecule has 0 amide bonds. The molecule has 1 atom stereocenters. The summed E-state index contributed by atoms with van der Waals surface area (Å²) in [7, 11) is 0. The highest BCUT2D eigenvalue weighted by atomic mass is 79.9. The lowest BCUT2D eigenvalue weighted by atomic mass is 10.1. The number of imidazole rings is 1. The first kappa shape index (κ1) is 14.3. The predicted octanol–water partition coefficient (Wildman–Crippen LogP) is 3.62. The maximum Gasteiger partial charge on any atom is 0.271 e. The van der Waals surface area contributed by atoms with Crippen molar-refractivity contribution in [1.29, 1.82) is 0 Å². The van der Waals surface area contributed by atoms with Crippen LogP contribution in [0.15, 0.2) is 18.2 Å². The number of H-pyrrole nitrogens is 1. The number of anilines is 1. The molecule has 2 aromatic rings. The summed E-state index contributed by atoms with van der Waals surface area (Å²) < 4.78 is 0. The Labute approximate surface area is 130 Å². The van der Waals surface area contributed by atoms with Crippen molar-refractivity contribution in [3.63, 3.8) is 0 Å². The SMILES string of the molecule is O=[N+]([O-])c1ccc2nc(N3CCCCCC3CBr)[nH]c2c1. The van der Waals surface area contributed by atoms with Crippen molar-refractivity contribution >= 4 is 38.6 Å². The zero-order chi connectivity index (χ0) is 14.8. The molecule has 0 bridgehead atoms. The van der Waals surface area contributed by atoms with E-state index in [0.29, 0.717) is 6.04 Å². The summed E-state index contributed by atoms with van der Waals surface area (Å²) in [5.74, 6) is 0.817. The number of nitrogens with zero attached hydrogens (tertiary/aromatic N) is 3. The smallest absolute Gasteiger partial charge is 0.271 e. The van der Waals surface area contributed by atoms with E-state index in [-0.39, 0.29) is 10.6 Å². The summed E-state index contributed by atoms with van der Waals surface area (Å²) in [6.07, 6.45) is 4.77. The number of nitrogens with one attached hydrogen (secondary N) is 1. The van der Waals surface area contributed by atoms with Crippen LogP contribution in [0.1, 0.15) is 25.7 Å². The molecule has 7 heteroatoms. The molecule has 2 heterocycles. The Kier molecular flexibility index (Phi) is 4.10. The Bertz CT molecular complexity index is 657. The molecule has 1 fully saturated rings. The third-order valence-corrected chi connectivity index (χ3v) is 4.74. The van der Waals surface area contributed by atoms with Gasteiger partial charge in [0.15, 0.2) is 0 Å². The summed E-state index contributed by atoms with van der Waals surface area (Å²) in [5.41, 5.74) is 1.58. The molecular weight excluding hydrogens is 336 g/mol.